The van der Waals surface area contributed by atoms with Gasteiger partial charge in [0.1, 0.15) is 6.61 Å². The minimum absolute atomic E-state index is 0.0192. The lowest BCUT2D eigenvalue weighted by atomic mass is 9.81. The number of nitrogens with zero attached hydrogens (tertiary/aromatic N) is 2. The first kappa shape index (κ1) is 28.5. The number of aliphatic hydroxyl groups excluding tert-OH is 1. The molecule has 1 aliphatic carbocycles. The third-order valence-electron chi connectivity index (χ3n) is 9.03. The summed E-state index contributed by atoms with van der Waals surface area (Å²) in [7, 11) is 3.26. The van der Waals surface area contributed by atoms with Crippen LogP contribution in [0.25, 0.3) is 28.2 Å². The maximum atomic E-state index is 14.2. The number of hydrogen-bond acceptors (Lipinski definition) is 6. The highest BCUT2D eigenvalue weighted by atomic mass is 16.5. The molecule has 2 aliphatic heterocycles. The Kier molecular flexibility index (Phi) is 7.85. The molecule has 0 radical (unpaired) electrons. The maximum Gasteiger partial charge on any atom is 0.251 e. The number of Topliss-reactive ketones (excluding diaryl/α,β-unsaturated/α-hetero) is 1. The average molecular weight is 573 g/mol. The molecule has 42 heavy (non-hydrogen) atoms. The van der Waals surface area contributed by atoms with Crippen LogP contribution < -0.4 is 9.47 Å². The first-order valence-electron chi connectivity index (χ1n) is 15.0. The molecule has 1 saturated heterocycles. The number of carbonyl (C=O) groups is 2. The van der Waals surface area contributed by atoms with E-state index in [1.807, 2.05) is 55.2 Å². The molecule has 3 heterocycles. The van der Waals surface area contributed by atoms with Crippen LogP contribution in [0.15, 0.2) is 35.9 Å². The van der Waals surface area contributed by atoms with Crippen molar-refractivity contribution in [2.45, 2.75) is 70.6 Å². The summed E-state index contributed by atoms with van der Waals surface area (Å²) in [6.45, 7) is 4.86. The molecule has 0 bridgehead atoms. The highest BCUT2D eigenvalue weighted by molar-refractivity contribution is 6.05. The van der Waals surface area contributed by atoms with Crippen LogP contribution in [0, 0.1) is 0 Å². The van der Waals surface area contributed by atoms with Gasteiger partial charge in [-0.05, 0) is 68.0 Å². The Hall–Kier alpha value is -3.62. The molecule has 1 N–H and O–H groups in total. The van der Waals surface area contributed by atoms with Crippen molar-refractivity contribution in [3.63, 3.8) is 0 Å². The topological polar surface area (TPSA) is 90.2 Å². The van der Waals surface area contributed by atoms with Gasteiger partial charge in [-0.1, -0.05) is 31.4 Å². The molecule has 6 rings (SSSR count). The first-order valence-corrected chi connectivity index (χ1v) is 15.0. The highest BCUT2D eigenvalue weighted by Gasteiger charge is 2.33. The Labute approximate surface area is 246 Å². The van der Waals surface area contributed by atoms with Crippen molar-refractivity contribution in [3.05, 3.63) is 52.6 Å². The smallest absolute Gasteiger partial charge is 0.251 e. The number of ether oxygens (including phenoxy) is 3. The number of morpholine rings is 1. The van der Waals surface area contributed by atoms with E-state index in [4.69, 9.17) is 14.2 Å². The first-order chi connectivity index (χ1) is 20.3. The molecular formula is C34H40N2O6. The minimum Gasteiger partial charge on any atom is -0.493 e. The summed E-state index contributed by atoms with van der Waals surface area (Å²) in [4.78, 5) is 28.7. The van der Waals surface area contributed by atoms with Gasteiger partial charge >= 0.3 is 0 Å². The summed E-state index contributed by atoms with van der Waals surface area (Å²) in [6.07, 6.45) is 7.67. The number of ketones is 1. The van der Waals surface area contributed by atoms with Crippen LogP contribution in [0.3, 0.4) is 0 Å². The van der Waals surface area contributed by atoms with Crippen molar-refractivity contribution in [2.75, 3.05) is 33.9 Å². The quantitative estimate of drug-likeness (QED) is 0.388. The largest absolute Gasteiger partial charge is 0.493 e. The second kappa shape index (κ2) is 11.6. The Morgan fingerprint density at radius 2 is 1.67 bits per heavy atom. The predicted octanol–water partition coefficient (Wildman–Crippen LogP) is 5.58. The molecular weight excluding hydrogens is 532 g/mol. The number of amides is 1. The summed E-state index contributed by atoms with van der Waals surface area (Å²) >= 11 is 0. The van der Waals surface area contributed by atoms with Crippen molar-refractivity contribution < 1.29 is 28.9 Å². The van der Waals surface area contributed by atoms with Gasteiger partial charge in [-0.15, -0.1) is 0 Å². The van der Waals surface area contributed by atoms with Gasteiger partial charge in [-0.25, -0.2) is 0 Å². The summed E-state index contributed by atoms with van der Waals surface area (Å²) in [5, 5.41) is 10.7. The van der Waals surface area contributed by atoms with Crippen molar-refractivity contribution in [3.8, 4) is 22.8 Å². The van der Waals surface area contributed by atoms with Gasteiger partial charge in [0.05, 0.1) is 38.7 Å². The monoisotopic (exact) mass is 572 g/mol. The fourth-order valence-corrected chi connectivity index (χ4v) is 7.20. The molecule has 1 saturated carbocycles. The van der Waals surface area contributed by atoms with Gasteiger partial charge in [0.15, 0.2) is 17.3 Å². The molecule has 222 valence electrons. The van der Waals surface area contributed by atoms with Crippen LogP contribution in [0.4, 0.5) is 0 Å². The van der Waals surface area contributed by atoms with Gasteiger partial charge in [0, 0.05) is 40.7 Å². The summed E-state index contributed by atoms with van der Waals surface area (Å²) in [5.41, 5.74) is 6.22. The maximum absolute atomic E-state index is 14.2. The second-order valence-electron chi connectivity index (χ2n) is 11.9. The van der Waals surface area contributed by atoms with Crippen molar-refractivity contribution >= 4 is 28.7 Å². The molecule has 8 nitrogen and oxygen atoms in total. The molecule has 2 aromatic carbocycles. The summed E-state index contributed by atoms with van der Waals surface area (Å²) in [5.74, 6) is 1.24. The Bertz CT molecular complexity index is 1550. The number of hydrogen-bond donors (Lipinski definition) is 1. The van der Waals surface area contributed by atoms with E-state index in [0.717, 1.165) is 40.6 Å². The predicted molar refractivity (Wildman–Crippen MR) is 162 cm³/mol. The molecule has 3 aromatic rings. The molecule has 1 aromatic heterocycles. The van der Waals surface area contributed by atoms with Crippen LogP contribution >= 0.6 is 0 Å². The molecule has 2 atom stereocenters. The molecule has 0 unspecified atom stereocenters. The van der Waals surface area contributed by atoms with E-state index in [1.54, 1.807) is 14.2 Å². The zero-order valence-corrected chi connectivity index (χ0v) is 24.9. The summed E-state index contributed by atoms with van der Waals surface area (Å²) in [6, 6.07) is 9.72. The van der Waals surface area contributed by atoms with Crippen molar-refractivity contribution in [2.24, 2.45) is 0 Å². The zero-order chi connectivity index (χ0) is 29.5. The lowest BCUT2D eigenvalue weighted by Crippen LogP contribution is -2.48. The molecule has 3 aliphatic rings. The number of benzene rings is 2. The molecule has 8 heteroatoms. The van der Waals surface area contributed by atoms with E-state index >= 15 is 0 Å². The van der Waals surface area contributed by atoms with E-state index in [1.165, 1.54) is 24.8 Å². The number of aliphatic hydroxyl groups is 1. The Balaban J connectivity index is 1.62. The number of aromatic nitrogens is 1. The Morgan fingerprint density at radius 1 is 0.976 bits per heavy atom. The van der Waals surface area contributed by atoms with Crippen molar-refractivity contribution in [1.29, 1.82) is 0 Å². The molecule has 2 fully saturated rings. The SMILES string of the molecule is COc1cc2c(cc1OC)-c1c(C3CCCCC3)c3ccc(C(=O)CO)cc3n1CC(C(=O)N1C[C@@H](C)O[C@@H](C)C1)=C2. The number of fused-ring (bicyclic) bond motifs is 5. The van der Waals surface area contributed by atoms with Gasteiger partial charge in [-0.3, -0.25) is 9.59 Å². The summed E-state index contributed by atoms with van der Waals surface area (Å²) < 4.78 is 19.6. The number of carbonyl (C=O) groups excluding carboxylic acids is 2. The van der Waals surface area contributed by atoms with Gasteiger partial charge < -0.3 is 28.8 Å². The highest BCUT2D eigenvalue weighted by Crippen LogP contribution is 2.48. The van der Waals surface area contributed by atoms with E-state index in [0.29, 0.717) is 48.2 Å². The zero-order valence-electron chi connectivity index (χ0n) is 24.9. The minimum atomic E-state index is -0.550. The van der Waals surface area contributed by atoms with Crippen LogP contribution in [-0.2, 0) is 16.1 Å². The normalized spacial score (nSPS) is 20.9. The fraction of sp³-hybridized carbons (Fsp3) is 0.471. The van der Waals surface area contributed by atoms with Gasteiger partial charge in [0.2, 0.25) is 0 Å². The van der Waals surface area contributed by atoms with E-state index in [9.17, 15) is 14.7 Å². The van der Waals surface area contributed by atoms with E-state index in [-0.39, 0.29) is 23.9 Å². The lowest BCUT2D eigenvalue weighted by Gasteiger charge is -2.35. The van der Waals surface area contributed by atoms with Crippen LogP contribution in [0.2, 0.25) is 0 Å². The lowest BCUT2D eigenvalue weighted by molar-refractivity contribution is -0.139. The fourth-order valence-electron chi connectivity index (χ4n) is 7.20. The van der Waals surface area contributed by atoms with E-state index in [2.05, 4.69) is 4.57 Å². The third-order valence-corrected chi connectivity index (χ3v) is 9.03. The number of rotatable bonds is 6. The van der Waals surface area contributed by atoms with Crippen LogP contribution in [-0.4, -0.2) is 72.4 Å². The number of methoxy groups -OCH3 is 2. The Morgan fingerprint density at radius 3 is 2.33 bits per heavy atom. The molecule has 0 spiro atoms. The van der Waals surface area contributed by atoms with E-state index < -0.39 is 6.61 Å². The standard InChI is InChI=1S/C34H40N2O6/c1-20-16-35(17-21(2)42-20)34(39)25-12-24-14-30(40-3)31(41-4)15-27(24)33-32(22-8-6-5-7-9-22)26-11-10-23(29(38)19-37)13-28(26)36(33)18-25/h10-15,20-22,37H,5-9,16-19H2,1-4H3/t20-,21+. The van der Waals surface area contributed by atoms with Gasteiger partial charge in [0.25, 0.3) is 5.91 Å². The second-order valence-corrected chi connectivity index (χ2v) is 11.9. The van der Waals surface area contributed by atoms with Crippen LogP contribution in [0.1, 0.15) is 73.4 Å². The third kappa shape index (κ3) is 5.01. The van der Waals surface area contributed by atoms with Gasteiger partial charge in [-0.2, -0.15) is 0 Å². The van der Waals surface area contributed by atoms with Crippen LogP contribution in [0.5, 0.6) is 11.5 Å². The average Bonchev–Trinajstić information content (AvgIpc) is 3.22. The van der Waals surface area contributed by atoms with Crippen molar-refractivity contribution in [1.82, 2.24) is 9.47 Å². The molecule has 1 amide bonds.